The zero-order valence-electron chi connectivity index (χ0n) is 13.2. The minimum atomic E-state index is -0.703. The molecule has 0 atom stereocenters. The van der Waals surface area contributed by atoms with Crippen molar-refractivity contribution in [3.8, 4) is 5.75 Å². The number of nitrogens with one attached hydrogen (secondary N) is 1. The van der Waals surface area contributed by atoms with Gasteiger partial charge in [0.25, 0.3) is 5.91 Å². The normalized spacial score (nSPS) is 11.0. The molecule has 0 heterocycles. The minimum absolute atomic E-state index is 0.102. The molecule has 1 amide bonds. The molecule has 3 aromatic carbocycles. The molecule has 130 valence electrons. The van der Waals surface area contributed by atoms with Crippen LogP contribution in [0.1, 0.15) is 15.9 Å². The summed E-state index contributed by atoms with van der Waals surface area (Å²) < 4.78 is 0.407. The number of hydrazone groups is 1. The van der Waals surface area contributed by atoms with Crippen molar-refractivity contribution in [1.82, 2.24) is 5.43 Å². The van der Waals surface area contributed by atoms with Crippen molar-refractivity contribution in [3.63, 3.8) is 0 Å². The highest BCUT2D eigenvalue weighted by atomic mass is 79.9. The van der Waals surface area contributed by atoms with Gasteiger partial charge in [0.2, 0.25) is 5.75 Å². The number of phenolic OH excluding ortho intramolecular Hbond substituents is 1. The molecular formula is C18H12BrN3O4. The minimum Gasteiger partial charge on any atom is -0.502 e. The Morgan fingerprint density at radius 2 is 1.88 bits per heavy atom. The van der Waals surface area contributed by atoms with Crippen LogP contribution < -0.4 is 5.43 Å². The Labute approximate surface area is 156 Å². The van der Waals surface area contributed by atoms with E-state index >= 15 is 0 Å². The molecule has 0 saturated carbocycles. The van der Waals surface area contributed by atoms with Gasteiger partial charge in [-0.15, -0.1) is 0 Å². The Bertz CT molecular complexity index is 1050. The predicted octanol–water partition coefficient (Wildman–Crippen LogP) is 3.98. The van der Waals surface area contributed by atoms with Crippen molar-refractivity contribution in [2.75, 3.05) is 0 Å². The molecule has 0 aliphatic heterocycles. The number of rotatable bonds is 4. The second-order valence-electron chi connectivity index (χ2n) is 5.38. The Kier molecular flexibility index (Phi) is 4.94. The SMILES string of the molecule is O=C(N/N=C\c1cc(Br)cc([N+](=O)[O-])c1O)c1ccc2ccccc2c1. The van der Waals surface area contributed by atoms with Gasteiger partial charge >= 0.3 is 5.69 Å². The molecule has 0 saturated heterocycles. The highest BCUT2D eigenvalue weighted by molar-refractivity contribution is 9.10. The van der Waals surface area contributed by atoms with Crippen LogP contribution in [0.2, 0.25) is 0 Å². The molecule has 0 radical (unpaired) electrons. The average Bonchev–Trinajstić information content (AvgIpc) is 2.63. The molecule has 7 nitrogen and oxygen atoms in total. The van der Waals surface area contributed by atoms with Crippen molar-refractivity contribution in [3.05, 3.63) is 80.3 Å². The van der Waals surface area contributed by atoms with E-state index < -0.39 is 22.3 Å². The second-order valence-corrected chi connectivity index (χ2v) is 6.30. The van der Waals surface area contributed by atoms with Crippen LogP contribution >= 0.6 is 15.9 Å². The largest absolute Gasteiger partial charge is 0.502 e. The lowest BCUT2D eigenvalue weighted by Crippen LogP contribution is -2.17. The fraction of sp³-hybridized carbons (Fsp3) is 0. The van der Waals surface area contributed by atoms with Gasteiger partial charge in [0.05, 0.1) is 11.1 Å². The van der Waals surface area contributed by atoms with E-state index in [1.165, 1.54) is 12.1 Å². The van der Waals surface area contributed by atoms with Crippen LogP contribution in [0.15, 0.2) is 64.2 Å². The van der Waals surface area contributed by atoms with E-state index in [0.29, 0.717) is 10.0 Å². The smallest absolute Gasteiger partial charge is 0.312 e. The molecule has 0 spiro atoms. The summed E-state index contributed by atoms with van der Waals surface area (Å²) in [6, 6.07) is 15.5. The maximum atomic E-state index is 12.2. The summed E-state index contributed by atoms with van der Waals surface area (Å²) in [4.78, 5) is 22.4. The fourth-order valence-corrected chi connectivity index (χ4v) is 2.86. The Balaban J connectivity index is 1.79. The van der Waals surface area contributed by atoms with Gasteiger partial charge in [0, 0.05) is 21.7 Å². The number of fused-ring (bicyclic) bond motifs is 1. The molecule has 0 aromatic heterocycles. The first kappa shape index (κ1) is 17.6. The summed E-state index contributed by atoms with van der Waals surface area (Å²) in [5.74, 6) is -0.960. The molecule has 2 N–H and O–H groups in total. The van der Waals surface area contributed by atoms with E-state index in [1.807, 2.05) is 30.3 Å². The summed E-state index contributed by atoms with van der Waals surface area (Å²) in [5.41, 5.74) is 2.41. The van der Waals surface area contributed by atoms with Gasteiger partial charge in [-0.3, -0.25) is 14.9 Å². The topological polar surface area (TPSA) is 105 Å². The molecular weight excluding hydrogens is 402 g/mol. The molecule has 26 heavy (non-hydrogen) atoms. The van der Waals surface area contributed by atoms with Crippen LogP contribution in [-0.2, 0) is 0 Å². The van der Waals surface area contributed by atoms with E-state index in [4.69, 9.17) is 0 Å². The number of aromatic hydroxyl groups is 1. The summed E-state index contributed by atoms with van der Waals surface area (Å²) in [7, 11) is 0. The summed E-state index contributed by atoms with van der Waals surface area (Å²) in [6.45, 7) is 0. The van der Waals surface area contributed by atoms with Crippen LogP contribution in [0.4, 0.5) is 5.69 Å². The molecule has 0 bridgehead atoms. The van der Waals surface area contributed by atoms with Crippen molar-refractivity contribution in [2.24, 2.45) is 5.10 Å². The number of amides is 1. The first-order chi connectivity index (χ1) is 12.5. The summed E-state index contributed by atoms with van der Waals surface area (Å²) in [6.07, 6.45) is 1.14. The maximum Gasteiger partial charge on any atom is 0.312 e. The highest BCUT2D eigenvalue weighted by Gasteiger charge is 2.17. The van der Waals surface area contributed by atoms with E-state index in [0.717, 1.165) is 17.0 Å². The number of halogens is 1. The second kappa shape index (κ2) is 7.32. The first-order valence-electron chi connectivity index (χ1n) is 7.45. The highest BCUT2D eigenvalue weighted by Crippen LogP contribution is 2.32. The van der Waals surface area contributed by atoms with E-state index in [-0.39, 0.29) is 5.56 Å². The first-order valence-corrected chi connectivity index (χ1v) is 8.24. The number of hydrogen-bond acceptors (Lipinski definition) is 5. The number of carbonyl (C=O) groups is 1. The third-order valence-electron chi connectivity index (χ3n) is 3.66. The molecule has 0 aliphatic carbocycles. The molecule has 8 heteroatoms. The number of hydrogen-bond donors (Lipinski definition) is 2. The van der Waals surface area contributed by atoms with Gasteiger partial charge in [0.15, 0.2) is 0 Å². The molecule has 0 unspecified atom stereocenters. The lowest BCUT2D eigenvalue weighted by Gasteiger charge is -2.03. The zero-order valence-corrected chi connectivity index (χ0v) is 14.8. The van der Waals surface area contributed by atoms with E-state index in [9.17, 15) is 20.0 Å². The third-order valence-corrected chi connectivity index (χ3v) is 4.12. The van der Waals surface area contributed by atoms with Crippen LogP contribution in [0.5, 0.6) is 5.75 Å². The van der Waals surface area contributed by atoms with Gasteiger partial charge in [-0.25, -0.2) is 5.43 Å². The van der Waals surface area contributed by atoms with E-state index in [1.54, 1.807) is 12.1 Å². The number of benzene rings is 3. The summed E-state index contributed by atoms with van der Waals surface area (Å²) >= 11 is 3.13. The third kappa shape index (κ3) is 3.70. The Morgan fingerprint density at radius 1 is 1.15 bits per heavy atom. The zero-order chi connectivity index (χ0) is 18.7. The molecule has 3 rings (SSSR count). The van der Waals surface area contributed by atoms with Crippen LogP contribution in [0.3, 0.4) is 0 Å². The van der Waals surface area contributed by atoms with Crippen molar-refractivity contribution in [2.45, 2.75) is 0 Å². The summed E-state index contributed by atoms with van der Waals surface area (Å²) in [5, 5.41) is 26.5. The number of nitro groups is 1. The lowest BCUT2D eigenvalue weighted by atomic mass is 10.1. The van der Waals surface area contributed by atoms with Crippen molar-refractivity contribution < 1.29 is 14.8 Å². The molecule has 0 aliphatic rings. The van der Waals surface area contributed by atoms with Gasteiger partial charge in [-0.05, 0) is 29.0 Å². The van der Waals surface area contributed by atoms with Crippen LogP contribution in [0.25, 0.3) is 10.8 Å². The van der Waals surface area contributed by atoms with Crippen molar-refractivity contribution in [1.29, 1.82) is 0 Å². The Hall–Kier alpha value is -3.26. The number of phenols is 1. The van der Waals surface area contributed by atoms with Gasteiger partial charge in [-0.1, -0.05) is 46.3 Å². The molecule has 3 aromatic rings. The van der Waals surface area contributed by atoms with E-state index in [2.05, 4.69) is 26.5 Å². The monoisotopic (exact) mass is 413 g/mol. The van der Waals surface area contributed by atoms with Gasteiger partial charge in [-0.2, -0.15) is 5.10 Å². The fourth-order valence-electron chi connectivity index (χ4n) is 2.40. The molecule has 0 fully saturated rings. The van der Waals surface area contributed by atoms with Crippen LogP contribution in [-0.4, -0.2) is 22.2 Å². The van der Waals surface area contributed by atoms with Crippen LogP contribution in [0, 0.1) is 10.1 Å². The van der Waals surface area contributed by atoms with Gasteiger partial charge < -0.3 is 5.11 Å². The number of nitrogens with zero attached hydrogens (tertiary/aromatic N) is 2. The quantitative estimate of drug-likeness (QED) is 0.383. The number of carbonyl (C=O) groups excluding carboxylic acids is 1. The maximum absolute atomic E-state index is 12.2. The van der Waals surface area contributed by atoms with Gasteiger partial charge in [0.1, 0.15) is 0 Å². The Morgan fingerprint density at radius 3 is 2.62 bits per heavy atom. The number of nitro benzene ring substituents is 1. The van der Waals surface area contributed by atoms with Crippen molar-refractivity contribution >= 4 is 44.5 Å². The standard InChI is InChI=1S/C18H12BrN3O4/c19-15-8-14(17(23)16(9-15)22(25)26)10-20-21-18(24)13-6-5-11-3-1-2-4-12(11)7-13/h1-10,23H,(H,21,24)/b20-10-. The predicted molar refractivity (Wildman–Crippen MR) is 101 cm³/mol. The lowest BCUT2D eigenvalue weighted by molar-refractivity contribution is -0.385. The average molecular weight is 414 g/mol.